The highest BCUT2D eigenvalue weighted by Gasteiger charge is 2.17. The molecule has 0 aromatic heterocycles. The first-order chi connectivity index (χ1) is 8.63. The second-order valence-corrected chi connectivity index (χ2v) is 4.65. The second-order valence-electron chi connectivity index (χ2n) is 3.81. The van der Waals surface area contributed by atoms with Crippen LogP contribution < -0.4 is 4.74 Å². The molecule has 0 bridgehead atoms. The molecule has 94 valence electrons. The number of benzene rings is 2. The summed E-state index contributed by atoms with van der Waals surface area (Å²) in [5, 5.41) is 11.3. The van der Waals surface area contributed by atoms with Crippen molar-refractivity contribution in [1.82, 2.24) is 0 Å². The number of aliphatic hydroxyl groups excluding tert-OH is 1. The molecule has 0 saturated heterocycles. The van der Waals surface area contributed by atoms with E-state index in [1.54, 1.807) is 37.4 Å². The molecule has 1 unspecified atom stereocenters. The van der Waals surface area contributed by atoms with Crippen molar-refractivity contribution in [1.29, 1.82) is 0 Å². The molecule has 0 heterocycles. The lowest BCUT2D eigenvalue weighted by molar-refractivity contribution is 0.215. The average molecular weight is 283 g/mol. The minimum Gasteiger partial charge on any atom is -0.496 e. The largest absolute Gasteiger partial charge is 0.496 e. The normalized spacial score (nSPS) is 12.2. The molecular weight excluding hydrogens is 271 g/mol. The van der Waals surface area contributed by atoms with Gasteiger partial charge in [-0.1, -0.05) is 47.5 Å². The SMILES string of the molecule is COc1ccccc1C(O)c1ccc(Cl)cc1Cl. The lowest BCUT2D eigenvalue weighted by atomic mass is 10.0. The van der Waals surface area contributed by atoms with Crippen LogP contribution in [0.1, 0.15) is 17.2 Å². The van der Waals surface area contributed by atoms with E-state index in [0.717, 1.165) is 0 Å². The number of hydrogen-bond donors (Lipinski definition) is 1. The van der Waals surface area contributed by atoms with E-state index in [-0.39, 0.29) is 0 Å². The van der Waals surface area contributed by atoms with Crippen molar-refractivity contribution in [3.63, 3.8) is 0 Å². The Kier molecular flexibility index (Phi) is 4.12. The summed E-state index contributed by atoms with van der Waals surface area (Å²) < 4.78 is 5.22. The third kappa shape index (κ3) is 2.61. The highest BCUT2D eigenvalue weighted by Crippen LogP contribution is 2.34. The summed E-state index contributed by atoms with van der Waals surface area (Å²) in [5.41, 5.74) is 1.27. The Morgan fingerprint density at radius 1 is 1.06 bits per heavy atom. The third-order valence-electron chi connectivity index (χ3n) is 2.69. The molecule has 0 aliphatic rings. The fraction of sp³-hybridized carbons (Fsp3) is 0.143. The molecule has 2 nitrogen and oxygen atoms in total. The molecule has 0 aliphatic carbocycles. The quantitative estimate of drug-likeness (QED) is 0.919. The first-order valence-corrected chi connectivity index (χ1v) is 6.15. The Balaban J connectivity index is 2.44. The summed E-state index contributed by atoms with van der Waals surface area (Å²) in [4.78, 5) is 0. The van der Waals surface area contributed by atoms with E-state index in [1.807, 2.05) is 12.1 Å². The maximum Gasteiger partial charge on any atom is 0.125 e. The van der Waals surface area contributed by atoms with Crippen LogP contribution >= 0.6 is 23.2 Å². The summed E-state index contributed by atoms with van der Waals surface area (Å²) in [6, 6.07) is 12.3. The first-order valence-electron chi connectivity index (χ1n) is 5.39. The number of rotatable bonds is 3. The van der Waals surface area contributed by atoms with Crippen LogP contribution in [-0.2, 0) is 0 Å². The topological polar surface area (TPSA) is 29.5 Å². The van der Waals surface area contributed by atoms with Gasteiger partial charge in [-0.25, -0.2) is 0 Å². The molecule has 18 heavy (non-hydrogen) atoms. The van der Waals surface area contributed by atoms with Crippen molar-refractivity contribution in [2.75, 3.05) is 7.11 Å². The van der Waals surface area contributed by atoms with Crippen molar-refractivity contribution >= 4 is 23.2 Å². The fourth-order valence-corrected chi connectivity index (χ4v) is 2.29. The third-order valence-corrected chi connectivity index (χ3v) is 3.25. The van der Waals surface area contributed by atoms with Gasteiger partial charge >= 0.3 is 0 Å². The van der Waals surface area contributed by atoms with E-state index in [4.69, 9.17) is 27.9 Å². The van der Waals surface area contributed by atoms with Crippen LogP contribution in [0.3, 0.4) is 0 Å². The molecule has 0 amide bonds. The average Bonchev–Trinajstić information content (AvgIpc) is 2.38. The van der Waals surface area contributed by atoms with Gasteiger partial charge in [-0.05, 0) is 18.2 Å². The zero-order valence-corrected chi connectivity index (χ0v) is 11.2. The predicted molar refractivity (Wildman–Crippen MR) is 73.5 cm³/mol. The van der Waals surface area contributed by atoms with Crippen LogP contribution in [0.25, 0.3) is 0 Å². The van der Waals surface area contributed by atoms with Crippen molar-refractivity contribution < 1.29 is 9.84 Å². The summed E-state index contributed by atoms with van der Waals surface area (Å²) >= 11 is 11.9. The van der Waals surface area contributed by atoms with Gasteiger partial charge in [0.15, 0.2) is 0 Å². The van der Waals surface area contributed by atoms with E-state index >= 15 is 0 Å². The minimum atomic E-state index is -0.842. The molecule has 4 heteroatoms. The maximum atomic E-state index is 10.4. The number of hydrogen-bond acceptors (Lipinski definition) is 2. The Morgan fingerprint density at radius 3 is 2.44 bits per heavy atom. The molecule has 1 atom stereocenters. The lowest BCUT2D eigenvalue weighted by Crippen LogP contribution is -2.02. The molecule has 0 spiro atoms. The molecule has 2 rings (SSSR count). The summed E-state index contributed by atoms with van der Waals surface area (Å²) in [7, 11) is 1.56. The monoisotopic (exact) mass is 282 g/mol. The Hall–Kier alpha value is -1.22. The molecular formula is C14H12Cl2O2. The van der Waals surface area contributed by atoms with Gasteiger partial charge in [-0.15, -0.1) is 0 Å². The van der Waals surface area contributed by atoms with E-state index in [0.29, 0.717) is 26.9 Å². The first kappa shape index (κ1) is 13.2. The Labute approximate surface area is 116 Å². The predicted octanol–water partition coefficient (Wildman–Crippen LogP) is 4.08. The van der Waals surface area contributed by atoms with Crippen molar-refractivity contribution in [3.05, 3.63) is 63.6 Å². The number of halogens is 2. The van der Waals surface area contributed by atoms with Crippen LogP contribution in [0.5, 0.6) is 5.75 Å². The molecule has 0 fully saturated rings. The number of ether oxygens (including phenoxy) is 1. The van der Waals surface area contributed by atoms with Crippen molar-refractivity contribution in [3.8, 4) is 5.75 Å². The summed E-state index contributed by atoms with van der Waals surface area (Å²) in [6.45, 7) is 0. The molecule has 1 N–H and O–H groups in total. The Bertz CT molecular complexity index is 555. The zero-order valence-electron chi connectivity index (χ0n) is 9.73. The van der Waals surface area contributed by atoms with E-state index in [9.17, 15) is 5.11 Å². The highest BCUT2D eigenvalue weighted by molar-refractivity contribution is 6.35. The smallest absolute Gasteiger partial charge is 0.125 e. The lowest BCUT2D eigenvalue weighted by Gasteiger charge is -2.16. The van der Waals surface area contributed by atoms with Crippen LogP contribution in [0.4, 0.5) is 0 Å². The molecule has 2 aromatic rings. The fourth-order valence-electron chi connectivity index (χ4n) is 1.78. The molecule has 0 saturated carbocycles. The summed E-state index contributed by atoms with van der Waals surface area (Å²) in [5.74, 6) is 0.621. The number of methoxy groups -OCH3 is 1. The molecule has 2 aromatic carbocycles. The standard InChI is InChI=1S/C14H12Cl2O2/c1-18-13-5-3-2-4-11(13)14(17)10-7-6-9(15)8-12(10)16/h2-8,14,17H,1H3. The molecule has 0 radical (unpaired) electrons. The van der Waals surface area contributed by atoms with Crippen molar-refractivity contribution in [2.45, 2.75) is 6.10 Å². The molecule has 0 aliphatic heterocycles. The number of aliphatic hydroxyl groups is 1. The highest BCUT2D eigenvalue weighted by atomic mass is 35.5. The maximum absolute atomic E-state index is 10.4. The van der Waals surface area contributed by atoms with Crippen molar-refractivity contribution in [2.24, 2.45) is 0 Å². The van der Waals surface area contributed by atoms with Gasteiger partial charge < -0.3 is 9.84 Å². The zero-order chi connectivity index (χ0) is 13.1. The van der Waals surface area contributed by atoms with Gasteiger partial charge in [0.05, 0.1) is 7.11 Å². The summed E-state index contributed by atoms with van der Waals surface area (Å²) in [6.07, 6.45) is -0.842. The van der Waals surface area contributed by atoms with Gasteiger partial charge in [-0.2, -0.15) is 0 Å². The second kappa shape index (κ2) is 5.61. The van der Waals surface area contributed by atoms with Crippen LogP contribution in [-0.4, -0.2) is 12.2 Å². The van der Waals surface area contributed by atoms with Gasteiger partial charge in [0.25, 0.3) is 0 Å². The van der Waals surface area contributed by atoms with Crippen LogP contribution in [0, 0.1) is 0 Å². The number of para-hydroxylation sites is 1. The van der Waals surface area contributed by atoms with Gasteiger partial charge in [0.2, 0.25) is 0 Å². The Morgan fingerprint density at radius 2 is 1.78 bits per heavy atom. The van der Waals surface area contributed by atoms with Gasteiger partial charge in [0, 0.05) is 21.2 Å². The van der Waals surface area contributed by atoms with E-state index in [2.05, 4.69) is 0 Å². The van der Waals surface area contributed by atoms with Crippen LogP contribution in [0.2, 0.25) is 10.0 Å². The van der Waals surface area contributed by atoms with Gasteiger partial charge in [-0.3, -0.25) is 0 Å². The van der Waals surface area contributed by atoms with Gasteiger partial charge in [0.1, 0.15) is 11.9 Å². The van der Waals surface area contributed by atoms with Crippen LogP contribution in [0.15, 0.2) is 42.5 Å². The minimum absolute atomic E-state index is 0.431. The van der Waals surface area contributed by atoms with E-state index < -0.39 is 6.10 Å². The van der Waals surface area contributed by atoms with E-state index in [1.165, 1.54) is 0 Å².